The highest BCUT2D eigenvalue weighted by Crippen LogP contribution is 2.37. The number of aromatic nitrogens is 1. The Hall–Kier alpha value is -1.34. The van der Waals surface area contributed by atoms with Crippen molar-refractivity contribution < 1.29 is 13.2 Å². The topological polar surface area (TPSA) is 94.2 Å². The average Bonchev–Trinajstić information content (AvgIpc) is 3.05. The molecule has 0 unspecified atom stereocenters. The Balaban J connectivity index is 2.17. The van der Waals surface area contributed by atoms with Crippen LogP contribution in [0.5, 0.6) is 0 Å². The van der Waals surface area contributed by atoms with Gasteiger partial charge in [0.25, 0.3) is 5.91 Å². The van der Waals surface area contributed by atoms with Crippen LogP contribution in [0.1, 0.15) is 49.6 Å². The van der Waals surface area contributed by atoms with Crippen LogP contribution in [-0.2, 0) is 10.0 Å². The molecule has 1 fully saturated rings. The van der Waals surface area contributed by atoms with Gasteiger partial charge in [0.05, 0.1) is 0 Å². The summed E-state index contributed by atoms with van der Waals surface area (Å²) in [7, 11) is -3.78. The van der Waals surface area contributed by atoms with Crippen LogP contribution in [0.25, 0.3) is 0 Å². The summed E-state index contributed by atoms with van der Waals surface area (Å²) >= 11 is 0. The molecule has 0 radical (unpaired) electrons. The maximum Gasteiger partial charge on any atom is 0.267 e. The average molecular weight is 299 g/mol. The molecule has 0 atom stereocenters. The van der Waals surface area contributed by atoms with Gasteiger partial charge in [0.2, 0.25) is 10.0 Å². The molecule has 1 aromatic rings. The van der Waals surface area contributed by atoms with E-state index in [9.17, 15) is 13.2 Å². The molecule has 0 aliphatic heterocycles. The Labute approximate surface area is 119 Å². The van der Waals surface area contributed by atoms with E-state index in [2.05, 4.69) is 19.2 Å². The molecule has 3 N–H and O–H groups in total. The maximum atomic E-state index is 12.2. The second-order valence-corrected chi connectivity index (χ2v) is 7.24. The lowest BCUT2D eigenvalue weighted by molar-refractivity contribution is 0.0942. The first kappa shape index (κ1) is 15.1. The van der Waals surface area contributed by atoms with Gasteiger partial charge in [0, 0.05) is 18.8 Å². The van der Waals surface area contributed by atoms with Crippen molar-refractivity contribution in [3.63, 3.8) is 0 Å². The van der Waals surface area contributed by atoms with Gasteiger partial charge in [0.15, 0.2) is 0 Å². The Bertz CT molecular complexity index is 600. The van der Waals surface area contributed by atoms with Crippen molar-refractivity contribution in [2.75, 3.05) is 6.54 Å². The third-order valence-corrected chi connectivity index (χ3v) is 4.21. The number of nitrogens with one attached hydrogen (secondary N) is 1. The van der Waals surface area contributed by atoms with E-state index >= 15 is 0 Å². The summed E-state index contributed by atoms with van der Waals surface area (Å²) in [6.45, 7) is 4.74. The fourth-order valence-corrected chi connectivity index (χ4v) is 2.55. The molecule has 0 aromatic carbocycles. The van der Waals surface area contributed by atoms with E-state index in [4.69, 9.17) is 5.14 Å². The van der Waals surface area contributed by atoms with Crippen LogP contribution in [0.4, 0.5) is 0 Å². The largest absolute Gasteiger partial charge is 0.351 e. The number of nitrogens with zero attached hydrogens (tertiary/aromatic N) is 1. The number of hydrogen-bond acceptors (Lipinski definition) is 3. The summed E-state index contributed by atoms with van der Waals surface area (Å²) in [6.07, 6.45) is 4.28. The first-order valence-corrected chi connectivity index (χ1v) is 8.36. The molecule has 7 heteroatoms. The molecular weight excluding hydrogens is 278 g/mol. The molecule has 1 aliphatic carbocycles. The zero-order chi connectivity index (χ0) is 14.9. The molecule has 0 saturated heterocycles. The van der Waals surface area contributed by atoms with E-state index in [1.165, 1.54) is 12.3 Å². The van der Waals surface area contributed by atoms with Gasteiger partial charge in [-0.05, 0) is 31.2 Å². The molecule has 0 spiro atoms. The summed E-state index contributed by atoms with van der Waals surface area (Å²) in [4.78, 5) is 12.2. The Morgan fingerprint density at radius 2 is 2.15 bits per heavy atom. The van der Waals surface area contributed by atoms with E-state index in [1.54, 1.807) is 4.57 Å². The predicted octanol–water partition coefficient (Wildman–Crippen LogP) is 1.25. The van der Waals surface area contributed by atoms with E-state index < -0.39 is 10.0 Å². The first-order chi connectivity index (χ1) is 9.29. The molecule has 112 valence electrons. The van der Waals surface area contributed by atoms with Gasteiger partial charge in [-0.3, -0.25) is 4.79 Å². The molecular formula is C13H21N3O3S. The number of amides is 1. The van der Waals surface area contributed by atoms with Crippen LogP contribution in [0, 0.1) is 5.92 Å². The number of sulfonamides is 1. The van der Waals surface area contributed by atoms with Gasteiger partial charge in [-0.1, -0.05) is 13.8 Å². The highest BCUT2D eigenvalue weighted by molar-refractivity contribution is 7.89. The van der Waals surface area contributed by atoms with Crippen molar-refractivity contribution in [2.24, 2.45) is 11.1 Å². The lowest BCUT2D eigenvalue weighted by Gasteiger charge is -2.09. The Kier molecular flexibility index (Phi) is 4.19. The van der Waals surface area contributed by atoms with Crippen molar-refractivity contribution in [2.45, 2.75) is 44.0 Å². The maximum absolute atomic E-state index is 12.2. The minimum Gasteiger partial charge on any atom is -0.351 e. The zero-order valence-corrected chi connectivity index (χ0v) is 12.6. The fourth-order valence-electron chi connectivity index (χ4n) is 2.01. The second-order valence-electron chi connectivity index (χ2n) is 5.68. The lowest BCUT2D eigenvalue weighted by atomic mass is 10.1. The number of hydrogen-bond donors (Lipinski definition) is 2. The van der Waals surface area contributed by atoms with Crippen molar-refractivity contribution in [3.05, 3.63) is 18.0 Å². The Morgan fingerprint density at radius 3 is 2.65 bits per heavy atom. The van der Waals surface area contributed by atoms with Gasteiger partial charge < -0.3 is 9.88 Å². The van der Waals surface area contributed by atoms with E-state index in [1.807, 2.05) is 0 Å². The number of rotatable bonds is 6. The summed E-state index contributed by atoms with van der Waals surface area (Å²) in [6, 6.07) is 1.58. The van der Waals surface area contributed by atoms with Crippen LogP contribution >= 0.6 is 0 Å². The summed E-state index contributed by atoms with van der Waals surface area (Å²) in [5.74, 6) is 0.262. The minimum atomic E-state index is -3.78. The molecule has 0 bridgehead atoms. The summed E-state index contributed by atoms with van der Waals surface area (Å²) < 4.78 is 24.5. The van der Waals surface area contributed by atoms with Crippen molar-refractivity contribution in [1.29, 1.82) is 0 Å². The van der Waals surface area contributed by atoms with Crippen molar-refractivity contribution in [1.82, 2.24) is 9.88 Å². The Morgan fingerprint density at radius 1 is 1.50 bits per heavy atom. The van der Waals surface area contributed by atoms with Crippen LogP contribution in [0.15, 0.2) is 17.2 Å². The molecule has 1 amide bonds. The minimum absolute atomic E-state index is 0.00147. The van der Waals surface area contributed by atoms with E-state index in [0.29, 0.717) is 18.2 Å². The van der Waals surface area contributed by atoms with Crippen molar-refractivity contribution in [3.8, 4) is 0 Å². The first-order valence-electron chi connectivity index (χ1n) is 6.82. The van der Waals surface area contributed by atoms with Crippen molar-refractivity contribution >= 4 is 15.9 Å². The quantitative estimate of drug-likeness (QED) is 0.827. The lowest BCUT2D eigenvalue weighted by Crippen LogP contribution is -2.27. The summed E-state index contributed by atoms with van der Waals surface area (Å²) in [5.41, 5.74) is 0.375. The third-order valence-electron chi connectivity index (χ3n) is 3.33. The van der Waals surface area contributed by atoms with Crippen LogP contribution in [-0.4, -0.2) is 25.4 Å². The van der Waals surface area contributed by atoms with Crippen LogP contribution in [0.3, 0.4) is 0 Å². The molecule has 1 aliphatic rings. The third kappa shape index (κ3) is 3.61. The zero-order valence-electron chi connectivity index (χ0n) is 11.8. The number of nitrogens with two attached hydrogens (primary N) is 1. The molecule has 2 rings (SSSR count). The molecule has 20 heavy (non-hydrogen) atoms. The molecule has 6 nitrogen and oxygen atoms in total. The standard InChI is InChI=1S/C13H21N3O3S/c1-9(2)5-6-15-13(17)12-7-11(20(14,18)19)8-16(12)10-3-4-10/h7-10H,3-6H2,1-2H3,(H,15,17)(H2,14,18,19). The van der Waals surface area contributed by atoms with E-state index in [-0.39, 0.29) is 16.8 Å². The summed E-state index contributed by atoms with van der Waals surface area (Å²) in [5, 5.41) is 7.95. The molecule has 1 aromatic heterocycles. The second kappa shape index (κ2) is 5.57. The molecule has 1 heterocycles. The van der Waals surface area contributed by atoms with Gasteiger partial charge in [0.1, 0.15) is 10.6 Å². The smallest absolute Gasteiger partial charge is 0.267 e. The van der Waals surface area contributed by atoms with Gasteiger partial charge in [-0.15, -0.1) is 0 Å². The van der Waals surface area contributed by atoms with Gasteiger partial charge in [-0.2, -0.15) is 0 Å². The number of carbonyl (C=O) groups excluding carboxylic acids is 1. The number of carbonyl (C=O) groups is 1. The van der Waals surface area contributed by atoms with Crippen LogP contribution in [0.2, 0.25) is 0 Å². The highest BCUT2D eigenvalue weighted by atomic mass is 32.2. The van der Waals surface area contributed by atoms with Crippen LogP contribution < -0.4 is 10.5 Å². The number of primary sulfonamides is 1. The van der Waals surface area contributed by atoms with Gasteiger partial charge in [-0.25, -0.2) is 13.6 Å². The SMILES string of the molecule is CC(C)CCNC(=O)c1cc(S(N)(=O)=O)cn1C1CC1. The highest BCUT2D eigenvalue weighted by Gasteiger charge is 2.29. The monoisotopic (exact) mass is 299 g/mol. The molecule has 1 saturated carbocycles. The van der Waals surface area contributed by atoms with Gasteiger partial charge >= 0.3 is 0 Å². The normalized spacial score (nSPS) is 15.6. The predicted molar refractivity (Wildman–Crippen MR) is 75.9 cm³/mol. The van der Waals surface area contributed by atoms with E-state index in [0.717, 1.165) is 19.3 Å². The fraction of sp³-hybridized carbons (Fsp3) is 0.615.